The van der Waals surface area contributed by atoms with Gasteiger partial charge in [0, 0.05) is 34.2 Å². The highest BCUT2D eigenvalue weighted by Gasteiger charge is 2.10. The van der Waals surface area contributed by atoms with Crippen LogP contribution in [0.4, 0.5) is 5.69 Å². The summed E-state index contributed by atoms with van der Waals surface area (Å²) in [7, 11) is 0. The molecule has 37 heavy (non-hydrogen) atoms. The Balaban J connectivity index is 1.32. The molecule has 174 valence electrons. The van der Waals surface area contributed by atoms with Crippen LogP contribution in [0, 0.1) is 0 Å². The van der Waals surface area contributed by atoms with Gasteiger partial charge >= 0.3 is 0 Å². The molecule has 0 saturated heterocycles. The number of aromatic nitrogens is 1. The zero-order chi connectivity index (χ0) is 24.9. The third kappa shape index (κ3) is 4.98. The van der Waals surface area contributed by atoms with Gasteiger partial charge in [0.1, 0.15) is 5.69 Å². The molecule has 0 fully saturated rings. The number of hydrogen-bond acceptors (Lipinski definition) is 3. The highest BCUT2D eigenvalue weighted by Crippen LogP contribution is 2.32. The van der Waals surface area contributed by atoms with Gasteiger partial charge in [0.05, 0.1) is 17.8 Å². The van der Waals surface area contributed by atoms with Crippen molar-refractivity contribution in [3.8, 4) is 11.3 Å². The molecule has 4 nitrogen and oxygen atoms in total. The largest absolute Gasteiger partial charge is 0.261 e. The molecule has 4 aromatic carbocycles. The van der Waals surface area contributed by atoms with E-state index in [-0.39, 0.29) is 0 Å². The van der Waals surface area contributed by atoms with Crippen LogP contribution in [0.3, 0.4) is 0 Å². The molecule has 2 heterocycles. The van der Waals surface area contributed by atoms with Crippen molar-refractivity contribution in [1.29, 1.82) is 0 Å². The summed E-state index contributed by atoms with van der Waals surface area (Å²) in [6.07, 6.45) is 3.75. The molecule has 0 spiro atoms. The van der Waals surface area contributed by atoms with Gasteiger partial charge in [-0.2, -0.15) is 4.99 Å². The Hall–Kier alpha value is -5.14. The zero-order valence-corrected chi connectivity index (χ0v) is 20.0. The molecule has 1 aromatic heterocycles. The minimum absolute atomic E-state index is 0.570. The van der Waals surface area contributed by atoms with Crippen molar-refractivity contribution >= 4 is 40.6 Å². The fraction of sp³-hybridized carbons (Fsp3) is 0.0303. The molecule has 5 aromatic rings. The molecule has 0 unspecified atom stereocenters. The van der Waals surface area contributed by atoms with Gasteiger partial charge < -0.3 is 0 Å². The Bertz CT molecular complexity index is 1750. The van der Waals surface area contributed by atoms with Crippen molar-refractivity contribution in [3.05, 3.63) is 137 Å². The molecular weight excluding hydrogens is 452 g/mol. The van der Waals surface area contributed by atoms with Crippen molar-refractivity contribution in [2.75, 3.05) is 0 Å². The van der Waals surface area contributed by atoms with E-state index in [9.17, 15) is 0 Å². The van der Waals surface area contributed by atoms with E-state index in [1.54, 1.807) is 0 Å². The fourth-order valence-corrected chi connectivity index (χ4v) is 4.24. The average Bonchev–Trinajstić information content (AvgIpc) is 2.98. The summed E-state index contributed by atoms with van der Waals surface area (Å²) in [5.41, 5.74) is 10.6. The summed E-state index contributed by atoms with van der Waals surface area (Å²) in [4.78, 5) is 19.0. The van der Waals surface area contributed by atoms with Crippen LogP contribution >= 0.6 is 0 Å². The first kappa shape index (κ1) is 22.3. The molecule has 0 atom stereocenters. The number of aliphatic imine (C=N–C) groups is 3. The third-order valence-electron chi connectivity index (χ3n) is 6.13. The summed E-state index contributed by atoms with van der Waals surface area (Å²) in [6, 6.07) is 36.7. The Morgan fingerprint density at radius 3 is 2.49 bits per heavy atom. The summed E-state index contributed by atoms with van der Waals surface area (Å²) in [6.45, 7) is 0.570. The second kappa shape index (κ2) is 10.2. The number of fused-ring (bicyclic) bond motifs is 3. The van der Waals surface area contributed by atoms with Crippen LogP contribution in [0.2, 0.25) is 0 Å². The number of hydrogen-bond donors (Lipinski definition) is 0. The van der Waals surface area contributed by atoms with Crippen LogP contribution < -0.4 is 0 Å². The second-order valence-corrected chi connectivity index (χ2v) is 8.66. The molecular formula is C33H22N4. The quantitative estimate of drug-likeness (QED) is 0.145. The zero-order valence-electron chi connectivity index (χ0n) is 20.0. The van der Waals surface area contributed by atoms with Crippen molar-refractivity contribution in [2.45, 2.75) is 6.54 Å². The topological polar surface area (TPSA) is 50.0 Å². The number of amidine groups is 1. The van der Waals surface area contributed by atoms with E-state index in [4.69, 9.17) is 15.0 Å². The SMILES string of the molecule is C1=C=Nc2c(ccc3ccc(-c4cccc(C=NC(=NCc5ccccc5)c5ccccc5)c4)nc23)C=1. The highest BCUT2D eigenvalue weighted by atomic mass is 14.9. The van der Waals surface area contributed by atoms with Gasteiger partial charge in [-0.15, -0.1) is 0 Å². The van der Waals surface area contributed by atoms with Crippen molar-refractivity contribution in [3.63, 3.8) is 0 Å². The van der Waals surface area contributed by atoms with Crippen molar-refractivity contribution in [1.82, 2.24) is 4.98 Å². The lowest BCUT2D eigenvalue weighted by molar-refractivity contribution is 1.06. The van der Waals surface area contributed by atoms with Crippen LogP contribution in [0.15, 0.2) is 130 Å². The third-order valence-corrected chi connectivity index (χ3v) is 6.13. The molecule has 1 aliphatic heterocycles. The van der Waals surface area contributed by atoms with Gasteiger partial charge in [0.15, 0.2) is 5.84 Å². The smallest absolute Gasteiger partial charge is 0.154 e. The summed E-state index contributed by atoms with van der Waals surface area (Å²) < 4.78 is 0. The lowest BCUT2D eigenvalue weighted by atomic mass is 10.0. The first-order valence-electron chi connectivity index (χ1n) is 12.1. The van der Waals surface area contributed by atoms with Crippen LogP contribution in [-0.4, -0.2) is 22.9 Å². The molecule has 0 bridgehead atoms. The van der Waals surface area contributed by atoms with E-state index in [0.717, 1.165) is 50.1 Å². The number of pyridine rings is 1. The van der Waals surface area contributed by atoms with E-state index >= 15 is 0 Å². The summed E-state index contributed by atoms with van der Waals surface area (Å²) in [5, 5.41) is 1.04. The average molecular weight is 475 g/mol. The lowest BCUT2D eigenvalue weighted by Gasteiger charge is -2.08. The monoisotopic (exact) mass is 474 g/mol. The fourth-order valence-electron chi connectivity index (χ4n) is 4.24. The van der Waals surface area contributed by atoms with Gasteiger partial charge in [-0.05, 0) is 35.1 Å². The Morgan fingerprint density at radius 1 is 0.811 bits per heavy atom. The number of rotatable bonds is 5. The van der Waals surface area contributed by atoms with E-state index < -0.39 is 0 Å². The first-order chi connectivity index (χ1) is 18.3. The van der Waals surface area contributed by atoms with E-state index in [1.807, 2.05) is 85.1 Å². The standard InChI is InChI=1S/C33H22N4/c1-3-9-24(10-4-1)22-35-33(28-12-5-2-6-13-28)36-23-25-11-7-14-29(21-25)30-19-18-27-17-16-26-15-8-20-34-31(26)32(27)37-30/h1-7,9-19,21,23H,22H2. The molecule has 4 heteroatoms. The maximum Gasteiger partial charge on any atom is 0.154 e. The van der Waals surface area contributed by atoms with Gasteiger partial charge in [-0.3, -0.25) is 4.99 Å². The van der Waals surface area contributed by atoms with Crippen LogP contribution in [0.1, 0.15) is 22.3 Å². The lowest BCUT2D eigenvalue weighted by Crippen LogP contribution is -1.99. The molecule has 0 radical (unpaired) electrons. The van der Waals surface area contributed by atoms with Crippen molar-refractivity contribution < 1.29 is 0 Å². The predicted molar refractivity (Wildman–Crippen MR) is 153 cm³/mol. The van der Waals surface area contributed by atoms with Crippen LogP contribution in [-0.2, 0) is 6.54 Å². The minimum atomic E-state index is 0.570. The molecule has 0 N–H and O–H groups in total. The van der Waals surface area contributed by atoms with E-state index in [0.29, 0.717) is 12.4 Å². The molecule has 0 aliphatic carbocycles. The number of benzene rings is 4. The number of nitrogens with zero attached hydrogens (tertiary/aromatic N) is 4. The Morgan fingerprint density at radius 2 is 1.62 bits per heavy atom. The molecule has 6 rings (SSSR count). The normalized spacial score (nSPS) is 12.4. The molecule has 1 aliphatic rings. The predicted octanol–water partition coefficient (Wildman–Crippen LogP) is 7.45. The highest BCUT2D eigenvalue weighted by molar-refractivity contribution is 6.05. The van der Waals surface area contributed by atoms with Gasteiger partial charge in [0.25, 0.3) is 0 Å². The van der Waals surface area contributed by atoms with Crippen molar-refractivity contribution in [2.24, 2.45) is 15.0 Å². The van der Waals surface area contributed by atoms with Gasteiger partial charge in [0.2, 0.25) is 0 Å². The maximum absolute atomic E-state index is 4.96. The van der Waals surface area contributed by atoms with E-state index in [2.05, 4.69) is 53.0 Å². The Labute approximate surface area is 215 Å². The molecule has 0 amide bonds. The van der Waals surface area contributed by atoms with E-state index in [1.165, 1.54) is 0 Å². The van der Waals surface area contributed by atoms with Gasteiger partial charge in [-0.25, -0.2) is 9.98 Å². The maximum atomic E-state index is 4.96. The van der Waals surface area contributed by atoms with Crippen LogP contribution in [0.25, 0.3) is 28.2 Å². The molecule has 0 saturated carbocycles. The first-order valence-corrected chi connectivity index (χ1v) is 12.1. The van der Waals surface area contributed by atoms with Crippen LogP contribution in [0.5, 0.6) is 0 Å². The summed E-state index contributed by atoms with van der Waals surface area (Å²) in [5.74, 6) is 3.51. The minimum Gasteiger partial charge on any atom is -0.261 e. The second-order valence-electron chi connectivity index (χ2n) is 8.66. The van der Waals surface area contributed by atoms with Gasteiger partial charge in [-0.1, -0.05) is 97.1 Å². The Kier molecular flexibility index (Phi) is 6.17. The summed E-state index contributed by atoms with van der Waals surface area (Å²) >= 11 is 0.